The summed E-state index contributed by atoms with van der Waals surface area (Å²) in [6.07, 6.45) is -1.29. The maximum absolute atomic E-state index is 12.5. The summed E-state index contributed by atoms with van der Waals surface area (Å²) in [7, 11) is 1.42. The molecule has 4 rings (SSSR count). The molecule has 10 heteroatoms. The fourth-order valence-corrected chi connectivity index (χ4v) is 3.24. The molecule has 5 unspecified atom stereocenters. The summed E-state index contributed by atoms with van der Waals surface area (Å²) in [6.45, 7) is -1.20. The van der Waals surface area contributed by atoms with E-state index in [0.29, 0.717) is 5.56 Å². The largest absolute Gasteiger partial charge is 0.394 e. The van der Waals surface area contributed by atoms with Gasteiger partial charge in [0.15, 0.2) is 6.23 Å². The van der Waals surface area contributed by atoms with E-state index in [1.165, 1.54) is 23.9 Å². The molecule has 3 heterocycles. The Kier molecular flexibility index (Phi) is 5.20. The van der Waals surface area contributed by atoms with Gasteiger partial charge in [-0.05, 0) is 18.2 Å². The Morgan fingerprint density at radius 1 is 1.21 bits per heavy atom. The minimum atomic E-state index is -0.899. The molecule has 0 spiro atoms. The van der Waals surface area contributed by atoms with Gasteiger partial charge in [-0.25, -0.2) is 4.79 Å². The highest BCUT2D eigenvalue weighted by Gasteiger charge is 2.53. The van der Waals surface area contributed by atoms with Gasteiger partial charge in [0.25, 0.3) is 12.4 Å². The van der Waals surface area contributed by atoms with Crippen LogP contribution in [0.4, 0.5) is 5.82 Å². The topological polar surface area (TPSA) is 121 Å². The monoisotopic (exact) mass is 389 g/mol. The Balaban J connectivity index is 1.53. The number of aromatic nitrogens is 2. The second-order valence-electron chi connectivity index (χ2n) is 6.30. The molecule has 0 radical (unpaired) electrons. The van der Waals surface area contributed by atoms with E-state index in [0.717, 1.165) is 0 Å². The molecular formula is C18H19N3O7. The zero-order chi connectivity index (χ0) is 19.7. The van der Waals surface area contributed by atoms with E-state index in [1.807, 2.05) is 0 Å². The van der Waals surface area contributed by atoms with Crippen molar-refractivity contribution in [3.63, 3.8) is 0 Å². The first-order chi connectivity index (χ1) is 13.6. The lowest BCUT2D eigenvalue weighted by molar-refractivity contribution is -0.257. The van der Waals surface area contributed by atoms with Crippen LogP contribution < -0.4 is 11.0 Å². The van der Waals surface area contributed by atoms with E-state index in [-0.39, 0.29) is 18.3 Å². The van der Waals surface area contributed by atoms with Gasteiger partial charge in [0, 0.05) is 18.9 Å². The molecule has 2 aromatic rings. The minimum Gasteiger partial charge on any atom is -0.394 e. The van der Waals surface area contributed by atoms with Crippen LogP contribution >= 0.6 is 0 Å². The lowest BCUT2D eigenvalue weighted by atomic mass is 10.1. The number of nitrogens with one attached hydrogen (secondary N) is 1. The Morgan fingerprint density at radius 2 is 1.96 bits per heavy atom. The third kappa shape index (κ3) is 3.43. The molecular weight excluding hydrogens is 370 g/mol. The first-order valence-electron chi connectivity index (χ1n) is 8.66. The highest BCUT2D eigenvalue weighted by atomic mass is 16.9. The standard InChI is InChI=1S/C18H19N3O7/c1-25-18-27-13-11(9-22)26-16(14(13)28-18)21-8-7-12(20-17(21)24)19-15(23)10-5-3-2-4-6-10/h2-8,11,13-14,16,18,22H,9H2,1H3,(H,19,20,23,24). The van der Waals surface area contributed by atoms with Gasteiger partial charge in [-0.2, -0.15) is 4.98 Å². The molecule has 2 fully saturated rings. The predicted octanol–water partition coefficient (Wildman–Crippen LogP) is 0.0993. The smallest absolute Gasteiger partial charge is 0.351 e. The molecule has 1 aromatic carbocycles. The molecule has 1 aromatic heterocycles. The van der Waals surface area contributed by atoms with Crippen LogP contribution in [0.15, 0.2) is 47.4 Å². The van der Waals surface area contributed by atoms with Gasteiger partial charge in [0.05, 0.1) is 6.61 Å². The molecule has 28 heavy (non-hydrogen) atoms. The zero-order valence-corrected chi connectivity index (χ0v) is 14.9. The Labute approximate surface area is 159 Å². The number of hydrogen-bond acceptors (Lipinski definition) is 8. The van der Waals surface area contributed by atoms with E-state index >= 15 is 0 Å². The molecule has 2 saturated heterocycles. The third-order valence-corrected chi connectivity index (χ3v) is 4.58. The van der Waals surface area contributed by atoms with Gasteiger partial charge in [-0.1, -0.05) is 18.2 Å². The number of aliphatic hydroxyl groups is 1. The fraction of sp³-hybridized carbons (Fsp3) is 0.389. The molecule has 0 aliphatic carbocycles. The van der Waals surface area contributed by atoms with E-state index in [2.05, 4.69) is 10.3 Å². The summed E-state index contributed by atoms with van der Waals surface area (Å²) in [5.41, 5.74) is -0.194. The van der Waals surface area contributed by atoms with Crippen LogP contribution in [-0.4, -0.2) is 59.1 Å². The summed E-state index contributed by atoms with van der Waals surface area (Å²) in [5, 5.41) is 12.1. The second-order valence-corrected chi connectivity index (χ2v) is 6.30. The Morgan fingerprint density at radius 3 is 2.64 bits per heavy atom. The summed E-state index contributed by atoms with van der Waals surface area (Å²) in [6, 6.07) is 10.1. The van der Waals surface area contributed by atoms with E-state index in [1.54, 1.807) is 30.3 Å². The Hall–Kier alpha value is -2.63. The highest BCUT2D eigenvalue weighted by molar-refractivity contribution is 6.03. The number of amides is 1. The molecule has 10 nitrogen and oxygen atoms in total. The van der Waals surface area contributed by atoms with E-state index in [9.17, 15) is 14.7 Å². The van der Waals surface area contributed by atoms with Gasteiger partial charge in [-0.3, -0.25) is 9.36 Å². The lowest BCUT2D eigenvalue weighted by Crippen LogP contribution is -2.34. The van der Waals surface area contributed by atoms with Crippen LogP contribution in [-0.2, 0) is 18.9 Å². The molecule has 2 aliphatic heterocycles. The lowest BCUT2D eigenvalue weighted by Gasteiger charge is -2.20. The number of anilines is 1. The van der Waals surface area contributed by atoms with Gasteiger partial charge in [-0.15, -0.1) is 0 Å². The van der Waals surface area contributed by atoms with Crippen molar-refractivity contribution >= 4 is 11.7 Å². The number of fused-ring (bicyclic) bond motifs is 1. The summed E-state index contributed by atoms with van der Waals surface area (Å²) >= 11 is 0. The van der Waals surface area contributed by atoms with Crippen LogP contribution in [0, 0.1) is 0 Å². The summed E-state index contributed by atoms with van der Waals surface area (Å²) in [5.74, 6) is -0.264. The molecule has 2 N–H and O–H groups in total. The Bertz CT molecular complexity index is 904. The van der Waals surface area contributed by atoms with Crippen LogP contribution in [0.5, 0.6) is 0 Å². The van der Waals surface area contributed by atoms with Crippen molar-refractivity contribution in [2.45, 2.75) is 31.0 Å². The maximum atomic E-state index is 12.5. The van der Waals surface area contributed by atoms with Crippen LogP contribution in [0.2, 0.25) is 0 Å². The molecule has 5 atom stereocenters. The quantitative estimate of drug-likeness (QED) is 0.739. The third-order valence-electron chi connectivity index (χ3n) is 4.58. The number of nitrogens with zero attached hydrogens (tertiary/aromatic N) is 2. The predicted molar refractivity (Wildman–Crippen MR) is 94.4 cm³/mol. The maximum Gasteiger partial charge on any atom is 0.351 e. The van der Waals surface area contributed by atoms with Gasteiger partial charge in [0.2, 0.25) is 0 Å². The average molecular weight is 389 g/mol. The average Bonchev–Trinajstić information content (AvgIpc) is 3.28. The highest BCUT2D eigenvalue weighted by Crippen LogP contribution is 2.38. The second kappa shape index (κ2) is 7.78. The number of ether oxygens (including phenoxy) is 4. The molecule has 2 aliphatic rings. The first kappa shape index (κ1) is 18.7. The van der Waals surface area contributed by atoms with Crippen molar-refractivity contribution in [2.24, 2.45) is 0 Å². The van der Waals surface area contributed by atoms with Gasteiger partial charge >= 0.3 is 5.69 Å². The molecule has 0 saturated carbocycles. The molecule has 148 valence electrons. The van der Waals surface area contributed by atoms with Crippen molar-refractivity contribution in [3.8, 4) is 0 Å². The van der Waals surface area contributed by atoms with E-state index in [4.69, 9.17) is 18.9 Å². The van der Waals surface area contributed by atoms with Gasteiger partial charge in [0.1, 0.15) is 24.1 Å². The number of rotatable bonds is 5. The SMILES string of the molecule is COC1OC2C(CO)OC(n3ccc(NC(=O)c4ccccc4)nc3=O)C2O1. The number of hydrogen-bond donors (Lipinski definition) is 2. The van der Waals surface area contributed by atoms with Crippen molar-refractivity contribution in [2.75, 3.05) is 19.0 Å². The van der Waals surface area contributed by atoms with Crippen molar-refractivity contribution in [1.29, 1.82) is 0 Å². The normalized spacial score (nSPS) is 28.9. The molecule has 1 amide bonds. The van der Waals surface area contributed by atoms with Gasteiger partial charge < -0.3 is 29.4 Å². The number of carbonyl (C=O) groups excluding carboxylic acids is 1. The number of benzene rings is 1. The van der Waals surface area contributed by atoms with Crippen LogP contribution in [0.3, 0.4) is 0 Å². The van der Waals surface area contributed by atoms with Crippen LogP contribution in [0.1, 0.15) is 16.6 Å². The summed E-state index contributed by atoms with van der Waals surface area (Å²) < 4.78 is 23.1. The van der Waals surface area contributed by atoms with Crippen molar-refractivity contribution < 1.29 is 28.8 Å². The molecule has 0 bridgehead atoms. The number of aliphatic hydroxyl groups excluding tert-OH is 1. The van der Waals surface area contributed by atoms with E-state index < -0.39 is 36.7 Å². The van der Waals surface area contributed by atoms with Crippen LogP contribution in [0.25, 0.3) is 0 Å². The fourth-order valence-electron chi connectivity index (χ4n) is 3.24. The van der Waals surface area contributed by atoms with Crippen molar-refractivity contribution in [3.05, 3.63) is 58.6 Å². The van der Waals surface area contributed by atoms with Crippen molar-refractivity contribution in [1.82, 2.24) is 9.55 Å². The minimum absolute atomic E-state index is 0.113. The number of carbonyl (C=O) groups is 1. The first-order valence-corrected chi connectivity index (χ1v) is 8.66. The number of methoxy groups -OCH3 is 1. The summed E-state index contributed by atoms with van der Waals surface area (Å²) in [4.78, 5) is 28.6. The zero-order valence-electron chi connectivity index (χ0n) is 14.9.